The Balaban J connectivity index is 2.13. The molecule has 0 fully saturated rings. The van der Waals surface area contributed by atoms with Crippen molar-refractivity contribution in [3.05, 3.63) is 24.0 Å². The number of carbonyl (C=O) groups is 1. The third kappa shape index (κ3) is 7.66. The third-order valence-corrected chi connectivity index (χ3v) is 3.10. The van der Waals surface area contributed by atoms with Gasteiger partial charge in [-0.25, -0.2) is 4.39 Å². The normalized spacial score (nSPS) is 10.6. The van der Waals surface area contributed by atoms with Gasteiger partial charge in [-0.05, 0) is 31.0 Å². The van der Waals surface area contributed by atoms with Crippen LogP contribution in [0, 0.1) is 5.82 Å². The van der Waals surface area contributed by atoms with Crippen molar-refractivity contribution in [3.63, 3.8) is 0 Å². The van der Waals surface area contributed by atoms with Crippen molar-refractivity contribution < 1.29 is 13.9 Å². The van der Waals surface area contributed by atoms with Crippen LogP contribution in [0.4, 0.5) is 15.8 Å². The largest absolute Gasteiger partial charge is 0.399 e. The van der Waals surface area contributed by atoms with Crippen LogP contribution in [0.3, 0.4) is 0 Å². The lowest BCUT2D eigenvalue weighted by Crippen LogP contribution is -2.13. The van der Waals surface area contributed by atoms with E-state index in [-0.39, 0.29) is 11.6 Å². The number of hydrogen-bond donors (Lipinski definition) is 2. The molecule has 5 heteroatoms. The molecule has 0 aliphatic rings. The van der Waals surface area contributed by atoms with Crippen LogP contribution in [-0.2, 0) is 9.53 Å². The van der Waals surface area contributed by atoms with Crippen LogP contribution in [0.15, 0.2) is 18.2 Å². The van der Waals surface area contributed by atoms with Crippen molar-refractivity contribution in [1.29, 1.82) is 0 Å². The predicted octanol–water partition coefficient (Wildman–Crippen LogP) is 3.72. The molecule has 0 saturated heterocycles. The maximum Gasteiger partial charge on any atom is 0.224 e. The number of halogens is 1. The Kier molecular flexibility index (Phi) is 8.43. The van der Waals surface area contributed by atoms with Gasteiger partial charge in [-0.2, -0.15) is 0 Å². The van der Waals surface area contributed by atoms with Crippen LogP contribution in [0.5, 0.6) is 0 Å². The van der Waals surface area contributed by atoms with Gasteiger partial charge in [-0.3, -0.25) is 4.79 Å². The van der Waals surface area contributed by atoms with Gasteiger partial charge < -0.3 is 15.8 Å². The molecule has 0 aromatic heterocycles. The minimum atomic E-state index is -0.482. The number of ether oxygens (including phenoxy) is 1. The zero-order valence-corrected chi connectivity index (χ0v) is 12.7. The fourth-order valence-corrected chi connectivity index (χ4v) is 1.92. The summed E-state index contributed by atoms with van der Waals surface area (Å²) in [6.07, 6.45) is 5.63. The number of rotatable bonds is 10. The van der Waals surface area contributed by atoms with Gasteiger partial charge in [0.1, 0.15) is 5.82 Å². The van der Waals surface area contributed by atoms with Crippen molar-refractivity contribution in [1.82, 2.24) is 0 Å². The fraction of sp³-hybridized carbons (Fsp3) is 0.562. The zero-order valence-electron chi connectivity index (χ0n) is 12.7. The topological polar surface area (TPSA) is 64.3 Å². The second-order valence-electron chi connectivity index (χ2n) is 5.06. The summed E-state index contributed by atoms with van der Waals surface area (Å²) in [6, 6.07) is 4.11. The van der Waals surface area contributed by atoms with Crippen LogP contribution in [0.1, 0.15) is 45.4 Å². The number of nitrogen functional groups attached to an aromatic ring is 1. The highest BCUT2D eigenvalue weighted by Crippen LogP contribution is 2.17. The number of nitrogens with one attached hydrogen (secondary N) is 1. The molecule has 0 atom stereocenters. The minimum Gasteiger partial charge on any atom is -0.399 e. The second kappa shape index (κ2) is 10.2. The van der Waals surface area contributed by atoms with E-state index in [1.54, 1.807) is 0 Å². The zero-order chi connectivity index (χ0) is 15.5. The minimum absolute atomic E-state index is 0.125. The molecule has 0 heterocycles. The van der Waals surface area contributed by atoms with Crippen LogP contribution >= 0.6 is 0 Å². The molecular weight excluding hydrogens is 271 g/mol. The number of hydrogen-bond acceptors (Lipinski definition) is 3. The highest BCUT2D eigenvalue weighted by molar-refractivity contribution is 5.91. The lowest BCUT2D eigenvalue weighted by atomic mass is 10.2. The van der Waals surface area contributed by atoms with E-state index in [2.05, 4.69) is 12.2 Å². The second-order valence-corrected chi connectivity index (χ2v) is 5.06. The number of benzene rings is 1. The van der Waals surface area contributed by atoms with Gasteiger partial charge in [0.15, 0.2) is 0 Å². The van der Waals surface area contributed by atoms with Crippen LogP contribution < -0.4 is 11.1 Å². The summed E-state index contributed by atoms with van der Waals surface area (Å²) in [5.41, 5.74) is 6.10. The van der Waals surface area contributed by atoms with Gasteiger partial charge in [-0.15, -0.1) is 0 Å². The molecule has 0 saturated carbocycles. The van der Waals surface area contributed by atoms with Gasteiger partial charge in [-0.1, -0.05) is 26.2 Å². The molecule has 4 nitrogen and oxygen atoms in total. The maximum atomic E-state index is 13.4. The lowest BCUT2D eigenvalue weighted by Gasteiger charge is -2.07. The third-order valence-electron chi connectivity index (χ3n) is 3.10. The Hall–Kier alpha value is -1.62. The molecule has 0 aliphatic carbocycles. The first-order chi connectivity index (χ1) is 10.1. The summed E-state index contributed by atoms with van der Waals surface area (Å²) >= 11 is 0. The monoisotopic (exact) mass is 296 g/mol. The van der Waals surface area contributed by atoms with Crippen LogP contribution in [0.2, 0.25) is 0 Å². The number of amides is 1. The van der Waals surface area contributed by atoms with E-state index in [1.165, 1.54) is 37.5 Å². The average Bonchev–Trinajstić information content (AvgIpc) is 2.46. The van der Waals surface area contributed by atoms with Gasteiger partial charge in [0.25, 0.3) is 0 Å². The summed E-state index contributed by atoms with van der Waals surface area (Å²) in [7, 11) is 0. The van der Waals surface area contributed by atoms with E-state index in [0.717, 1.165) is 13.0 Å². The Bertz CT molecular complexity index is 438. The quantitative estimate of drug-likeness (QED) is 0.511. The van der Waals surface area contributed by atoms with Crippen LogP contribution in [0.25, 0.3) is 0 Å². The van der Waals surface area contributed by atoms with Crippen LogP contribution in [-0.4, -0.2) is 19.1 Å². The van der Waals surface area contributed by atoms with E-state index in [1.807, 2.05) is 0 Å². The van der Waals surface area contributed by atoms with Crippen molar-refractivity contribution in [2.75, 3.05) is 24.3 Å². The summed E-state index contributed by atoms with van der Waals surface area (Å²) in [4.78, 5) is 11.7. The number of carbonyl (C=O) groups excluding carboxylic acids is 1. The van der Waals surface area contributed by atoms with Crippen molar-refractivity contribution in [3.8, 4) is 0 Å². The summed E-state index contributed by atoms with van der Waals surface area (Å²) < 4.78 is 18.9. The molecule has 21 heavy (non-hydrogen) atoms. The molecule has 1 aromatic carbocycles. The number of anilines is 2. The van der Waals surface area contributed by atoms with E-state index in [0.29, 0.717) is 25.1 Å². The molecule has 3 N–H and O–H groups in total. The van der Waals surface area contributed by atoms with Crippen molar-refractivity contribution in [2.45, 2.75) is 45.4 Å². The average molecular weight is 296 g/mol. The Morgan fingerprint density at radius 3 is 2.76 bits per heavy atom. The van der Waals surface area contributed by atoms with Gasteiger partial charge in [0.05, 0.1) is 5.69 Å². The highest BCUT2D eigenvalue weighted by Gasteiger charge is 2.07. The van der Waals surface area contributed by atoms with Gasteiger partial charge in [0.2, 0.25) is 5.91 Å². The molecule has 0 radical (unpaired) electrons. The lowest BCUT2D eigenvalue weighted by molar-refractivity contribution is -0.116. The molecule has 0 unspecified atom stereocenters. The van der Waals surface area contributed by atoms with E-state index in [9.17, 15) is 9.18 Å². The first-order valence-electron chi connectivity index (χ1n) is 7.56. The molecule has 1 aromatic rings. The molecule has 118 valence electrons. The Morgan fingerprint density at radius 1 is 1.24 bits per heavy atom. The van der Waals surface area contributed by atoms with E-state index in [4.69, 9.17) is 10.5 Å². The molecule has 0 spiro atoms. The van der Waals surface area contributed by atoms with Gasteiger partial charge in [0, 0.05) is 25.3 Å². The molecular formula is C16H25FN2O2. The van der Waals surface area contributed by atoms with Crippen molar-refractivity contribution >= 4 is 17.3 Å². The fourth-order valence-electron chi connectivity index (χ4n) is 1.92. The molecule has 1 amide bonds. The smallest absolute Gasteiger partial charge is 0.224 e. The van der Waals surface area contributed by atoms with E-state index >= 15 is 0 Å². The summed E-state index contributed by atoms with van der Waals surface area (Å²) in [5.74, 6) is -0.709. The highest BCUT2D eigenvalue weighted by atomic mass is 19.1. The molecule has 0 aliphatic heterocycles. The molecule has 0 bridgehead atoms. The van der Waals surface area contributed by atoms with Gasteiger partial charge >= 0.3 is 0 Å². The van der Waals surface area contributed by atoms with Crippen molar-refractivity contribution in [2.24, 2.45) is 0 Å². The number of unbranched alkanes of at least 4 members (excludes halogenated alkanes) is 3. The molecule has 1 rings (SSSR count). The predicted molar refractivity (Wildman–Crippen MR) is 83.6 cm³/mol. The van der Waals surface area contributed by atoms with E-state index < -0.39 is 5.82 Å². The Morgan fingerprint density at radius 2 is 2.00 bits per heavy atom. The SMILES string of the molecule is CCCCCCOCCCC(=O)Nc1cc(N)ccc1F. The Labute approximate surface area is 125 Å². The maximum absolute atomic E-state index is 13.4. The summed E-state index contributed by atoms with van der Waals surface area (Å²) in [6.45, 7) is 3.47. The number of nitrogens with two attached hydrogens (primary N) is 1. The summed E-state index contributed by atoms with van der Waals surface area (Å²) in [5, 5.41) is 2.52. The first kappa shape index (κ1) is 17.4. The standard InChI is InChI=1S/C16H25FN2O2/c1-2-3-4-5-10-21-11-6-7-16(20)19-15-12-13(18)8-9-14(15)17/h8-9,12H,2-7,10-11,18H2,1H3,(H,19,20). The first-order valence-corrected chi connectivity index (χ1v) is 7.56.